The van der Waals surface area contributed by atoms with Crippen molar-refractivity contribution in [3.63, 3.8) is 0 Å². The van der Waals surface area contributed by atoms with Gasteiger partial charge in [0.1, 0.15) is 0 Å². The highest BCUT2D eigenvalue weighted by Gasteiger charge is 2.73. The first-order chi connectivity index (χ1) is 5.95. The lowest BCUT2D eigenvalue weighted by Crippen LogP contribution is -2.30. The summed E-state index contributed by atoms with van der Waals surface area (Å²) in [5, 5.41) is -0.314. The van der Waals surface area contributed by atoms with E-state index >= 15 is 0 Å². The Hall–Kier alpha value is -0.130. The van der Waals surface area contributed by atoms with Crippen LogP contribution < -0.4 is 0 Å². The third kappa shape index (κ3) is 0.806. The maximum atomic E-state index is 11.5. The molecule has 3 aliphatic rings. The summed E-state index contributed by atoms with van der Waals surface area (Å²) < 4.78 is 33.4. The number of epoxide rings is 1. The highest BCUT2D eigenvalue weighted by atomic mass is 32.2. The van der Waals surface area contributed by atoms with Crippen LogP contribution in [0.1, 0.15) is 20.3 Å². The van der Waals surface area contributed by atoms with Crippen molar-refractivity contribution >= 4 is 10.1 Å². The van der Waals surface area contributed by atoms with Crippen molar-refractivity contribution < 1.29 is 17.3 Å². The molecular formula is C8H12O4S. The van der Waals surface area contributed by atoms with Crippen LogP contribution in [0, 0.1) is 5.92 Å². The molecule has 2 saturated heterocycles. The SMILES string of the molecule is CC1OS(=O)(=O)C2CC3OC3(C)C12. The lowest BCUT2D eigenvalue weighted by Gasteiger charge is -2.16. The zero-order chi connectivity index (χ0) is 9.43. The van der Waals surface area contributed by atoms with Crippen LogP contribution in [-0.4, -0.2) is 31.5 Å². The Labute approximate surface area is 77.3 Å². The van der Waals surface area contributed by atoms with Gasteiger partial charge >= 0.3 is 0 Å². The first-order valence-electron chi connectivity index (χ1n) is 4.55. The lowest BCUT2D eigenvalue weighted by molar-refractivity contribution is 0.126. The normalized spacial score (nSPS) is 61.7. The van der Waals surface area contributed by atoms with Gasteiger partial charge in [-0.05, 0) is 20.3 Å². The Morgan fingerprint density at radius 1 is 1.46 bits per heavy atom. The molecule has 1 saturated carbocycles. The molecule has 5 heteroatoms. The van der Waals surface area contributed by atoms with Crippen LogP contribution >= 0.6 is 0 Å². The Balaban J connectivity index is 2.06. The molecule has 0 aromatic heterocycles. The molecular weight excluding hydrogens is 192 g/mol. The van der Waals surface area contributed by atoms with Crippen molar-refractivity contribution in [3.8, 4) is 0 Å². The van der Waals surface area contributed by atoms with Gasteiger partial charge in [0, 0.05) is 5.92 Å². The van der Waals surface area contributed by atoms with E-state index in [1.807, 2.05) is 13.8 Å². The average molecular weight is 204 g/mol. The Morgan fingerprint density at radius 3 is 2.77 bits per heavy atom. The highest BCUT2D eigenvalue weighted by Crippen LogP contribution is 2.59. The minimum atomic E-state index is -3.29. The third-order valence-corrected chi connectivity index (χ3v) is 5.45. The van der Waals surface area contributed by atoms with Gasteiger partial charge in [0.2, 0.25) is 0 Å². The second-order valence-corrected chi connectivity index (χ2v) is 6.17. The van der Waals surface area contributed by atoms with Crippen molar-refractivity contribution in [1.29, 1.82) is 0 Å². The van der Waals surface area contributed by atoms with Crippen LogP contribution in [0.3, 0.4) is 0 Å². The van der Waals surface area contributed by atoms with E-state index in [1.54, 1.807) is 0 Å². The average Bonchev–Trinajstić information content (AvgIpc) is 2.41. The molecule has 0 N–H and O–H groups in total. The zero-order valence-corrected chi connectivity index (χ0v) is 8.37. The molecule has 2 aliphatic heterocycles. The van der Waals surface area contributed by atoms with Crippen LogP contribution in [0.25, 0.3) is 0 Å². The van der Waals surface area contributed by atoms with Gasteiger partial charge in [-0.25, -0.2) is 0 Å². The molecule has 3 rings (SSSR count). The number of hydrogen-bond acceptors (Lipinski definition) is 4. The monoisotopic (exact) mass is 204 g/mol. The highest BCUT2D eigenvalue weighted by molar-refractivity contribution is 7.87. The molecule has 1 aliphatic carbocycles. The zero-order valence-electron chi connectivity index (χ0n) is 7.56. The minimum absolute atomic E-state index is 0.0440. The second kappa shape index (κ2) is 1.94. The van der Waals surface area contributed by atoms with Crippen molar-refractivity contribution in [3.05, 3.63) is 0 Å². The summed E-state index contributed by atoms with van der Waals surface area (Å²) in [6.07, 6.45) is 0.560. The molecule has 0 aromatic carbocycles. The van der Waals surface area contributed by atoms with E-state index < -0.39 is 10.1 Å². The van der Waals surface area contributed by atoms with Gasteiger partial charge in [0.15, 0.2) is 0 Å². The molecule has 0 radical (unpaired) electrons. The number of rotatable bonds is 0. The molecule has 5 unspecified atom stereocenters. The van der Waals surface area contributed by atoms with Gasteiger partial charge in [-0.15, -0.1) is 0 Å². The van der Waals surface area contributed by atoms with Crippen molar-refractivity contribution in [2.75, 3.05) is 0 Å². The summed E-state index contributed by atoms with van der Waals surface area (Å²) in [5.41, 5.74) is -0.215. The van der Waals surface area contributed by atoms with Gasteiger partial charge < -0.3 is 4.74 Å². The number of hydrogen-bond donors (Lipinski definition) is 0. The van der Waals surface area contributed by atoms with Crippen LogP contribution in [0.15, 0.2) is 0 Å². The van der Waals surface area contributed by atoms with Crippen molar-refractivity contribution in [2.45, 2.75) is 43.3 Å². The summed E-state index contributed by atoms with van der Waals surface area (Å²) in [4.78, 5) is 0. The van der Waals surface area contributed by atoms with Crippen LogP contribution in [0.2, 0.25) is 0 Å². The minimum Gasteiger partial charge on any atom is -0.366 e. The topological polar surface area (TPSA) is 55.9 Å². The summed E-state index contributed by atoms with van der Waals surface area (Å²) >= 11 is 0. The van der Waals surface area contributed by atoms with E-state index in [2.05, 4.69) is 0 Å². The molecule has 3 fully saturated rings. The maximum Gasteiger partial charge on any atom is 0.271 e. The summed E-state index contributed by atoms with van der Waals surface area (Å²) in [7, 11) is -3.29. The Kier molecular flexibility index (Phi) is 1.23. The van der Waals surface area contributed by atoms with E-state index in [4.69, 9.17) is 8.92 Å². The molecule has 74 valence electrons. The van der Waals surface area contributed by atoms with Gasteiger partial charge in [-0.3, -0.25) is 4.18 Å². The lowest BCUT2D eigenvalue weighted by atomic mass is 9.92. The fraction of sp³-hybridized carbons (Fsp3) is 1.00. The largest absolute Gasteiger partial charge is 0.366 e. The fourth-order valence-corrected chi connectivity index (χ4v) is 4.93. The molecule has 13 heavy (non-hydrogen) atoms. The van der Waals surface area contributed by atoms with E-state index in [-0.39, 0.29) is 29.0 Å². The third-order valence-electron chi connectivity index (χ3n) is 3.65. The number of ether oxygens (including phenoxy) is 1. The molecule has 0 bridgehead atoms. The van der Waals surface area contributed by atoms with Gasteiger partial charge in [0.05, 0.1) is 23.1 Å². The maximum absolute atomic E-state index is 11.5. The molecule has 0 amide bonds. The van der Waals surface area contributed by atoms with E-state index in [9.17, 15) is 8.42 Å². The molecule has 5 atom stereocenters. The van der Waals surface area contributed by atoms with E-state index in [1.165, 1.54) is 0 Å². The summed E-state index contributed by atoms with van der Waals surface area (Å²) in [6, 6.07) is 0. The summed E-state index contributed by atoms with van der Waals surface area (Å²) in [5.74, 6) is 0.0440. The van der Waals surface area contributed by atoms with Crippen molar-refractivity contribution in [2.24, 2.45) is 5.92 Å². The van der Waals surface area contributed by atoms with Crippen molar-refractivity contribution in [1.82, 2.24) is 0 Å². The molecule has 2 heterocycles. The Morgan fingerprint density at radius 2 is 2.15 bits per heavy atom. The summed E-state index contributed by atoms with van der Waals surface area (Å²) in [6.45, 7) is 3.81. The quantitative estimate of drug-likeness (QED) is 0.420. The molecule has 0 aromatic rings. The molecule has 0 spiro atoms. The fourth-order valence-electron chi connectivity index (χ4n) is 2.98. The van der Waals surface area contributed by atoms with Crippen LogP contribution in [-0.2, 0) is 19.0 Å². The van der Waals surface area contributed by atoms with Gasteiger partial charge in [0.25, 0.3) is 10.1 Å². The Bertz CT molecular complexity index is 362. The predicted octanol–water partition coefficient (Wildman–Crippen LogP) is 0.281. The van der Waals surface area contributed by atoms with E-state index in [0.29, 0.717) is 6.42 Å². The van der Waals surface area contributed by atoms with Gasteiger partial charge in [-0.2, -0.15) is 8.42 Å². The number of fused-ring (bicyclic) bond motifs is 3. The first-order valence-corrected chi connectivity index (χ1v) is 6.02. The standard InChI is InChI=1S/C8H12O4S/c1-4-7-5(13(9,10)12-4)3-6-8(7,2)11-6/h4-7H,3H2,1-2H3. The van der Waals surface area contributed by atoms with Crippen LogP contribution in [0.4, 0.5) is 0 Å². The van der Waals surface area contributed by atoms with Crippen LogP contribution in [0.5, 0.6) is 0 Å². The van der Waals surface area contributed by atoms with E-state index in [0.717, 1.165) is 0 Å². The predicted molar refractivity (Wildman–Crippen MR) is 44.6 cm³/mol. The van der Waals surface area contributed by atoms with Gasteiger partial charge in [-0.1, -0.05) is 0 Å². The smallest absolute Gasteiger partial charge is 0.271 e. The molecule has 4 nitrogen and oxygen atoms in total. The first kappa shape index (κ1) is 8.20. The second-order valence-electron chi connectivity index (χ2n) is 4.38.